The van der Waals surface area contributed by atoms with E-state index >= 15 is 0 Å². The average Bonchev–Trinajstić information content (AvgIpc) is 3.26. The molecule has 1 fully saturated rings. The van der Waals surface area contributed by atoms with E-state index < -0.39 is 0 Å². The van der Waals surface area contributed by atoms with Crippen molar-refractivity contribution in [3.63, 3.8) is 0 Å². The summed E-state index contributed by atoms with van der Waals surface area (Å²) in [5, 5.41) is 8.08. The molecule has 0 radical (unpaired) electrons. The first-order valence-electron chi connectivity index (χ1n) is 5.89. The first-order valence-corrected chi connectivity index (χ1v) is 6.70. The molecule has 1 aliphatic heterocycles. The van der Waals surface area contributed by atoms with Crippen LogP contribution in [0.3, 0.4) is 0 Å². The van der Waals surface area contributed by atoms with Gasteiger partial charge in [0.2, 0.25) is 0 Å². The molecule has 3 heteroatoms. The second-order valence-electron chi connectivity index (χ2n) is 3.87. The van der Waals surface area contributed by atoms with Crippen LogP contribution in [-0.2, 0) is 4.74 Å². The highest BCUT2D eigenvalue weighted by molar-refractivity contribution is 7.99. The third-order valence-electron chi connectivity index (χ3n) is 2.33. The molecule has 2 aromatic carbocycles. The molecule has 2 nitrogen and oxygen atoms in total. The maximum atomic E-state index is 8.08. The third-order valence-corrected chi connectivity index (χ3v) is 3.34. The Labute approximate surface area is 112 Å². The van der Waals surface area contributed by atoms with Gasteiger partial charge in [-0.15, -0.1) is 0 Å². The Morgan fingerprint density at radius 1 is 0.944 bits per heavy atom. The van der Waals surface area contributed by atoms with Crippen LogP contribution < -0.4 is 0 Å². The van der Waals surface area contributed by atoms with Gasteiger partial charge in [0.25, 0.3) is 0 Å². The predicted octanol–water partition coefficient (Wildman–Crippen LogP) is 3.22. The van der Waals surface area contributed by atoms with Crippen molar-refractivity contribution in [2.75, 3.05) is 13.2 Å². The molecule has 0 amide bonds. The van der Waals surface area contributed by atoms with Crippen LogP contribution in [0.5, 0.6) is 0 Å². The summed E-state index contributed by atoms with van der Waals surface area (Å²) in [6, 6.07) is 20.8. The van der Waals surface area contributed by atoms with Gasteiger partial charge in [-0.25, -0.2) is 0 Å². The zero-order valence-corrected chi connectivity index (χ0v) is 10.8. The molecule has 1 N–H and O–H groups in total. The lowest BCUT2D eigenvalue weighted by Crippen LogP contribution is -1.88. The summed E-state index contributed by atoms with van der Waals surface area (Å²) in [4.78, 5) is 2.57. The molecule has 1 heterocycles. The molecule has 0 saturated carbocycles. The van der Waals surface area contributed by atoms with Gasteiger partial charge in [-0.3, -0.25) is 0 Å². The summed E-state index contributed by atoms with van der Waals surface area (Å²) in [5.74, 6) is 0. The molecule has 94 valence electrons. The SMILES string of the molecule is OCC1CO1.c1ccc(Sc2ccccc2)cc1. The summed E-state index contributed by atoms with van der Waals surface area (Å²) in [7, 11) is 0. The number of ether oxygens (including phenoxy) is 1. The molecular formula is C15H16O2S. The van der Waals surface area contributed by atoms with Crippen molar-refractivity contribution in [1.82, 2.24) is 0 Å². The Hall–Kier alpha value is -1.29. The van der Waals surface area contributed by atoms with Gasteiger partial charge in [-0.2, -0.15) is 0 Å². The van der Waals surface area contributed by atoms with Crippen LogP contribution in [0, 0.1) is 0 Å². The Balaban J connectivity index is 0.000000202. The number of epoxide rings is 1. The number of hydrogen-bond acceptors (Lipinski definition) is 3. The Morgan fingerprint density at radius 2 is 1.39 bits per heavy atom. The van der Waals surface area contributed by atoms with Gasteiger partial charge in [0.1, 0.15) is 6.10 Å². The van der Waals surface area contributed by atoms with E-state index in [9.17, 15) is 0 Å². The average molecular weight is 260 g/mol. The lowest BCUT2D eigenvalue weighted by Gasteiger charge is -1.99. The van der Waals surface area contributed by atoms with Gasteiger partial charge in [-0.05, 0) is 24.3 Å². The van der Waals surface area contributed by atoms with Crippen molar-refractivity contribution in [3.8, 4) is 0 Å². The van der Waals surface area contributed by atoms with Crippen LogP contribution in [0.15, 0.2) is 70.5 Å². The molecular weight excluding hydrogens is 244 g/mol. The largest absolute Gasteiger partial charge is 0.394 e. The summed E-state index contributed by atoms with van der Waals surface area (Å²) in [6.45, 7) is 0.955. The lowest BCUT2D eigenvalue weighted by atomic mass is 10.4. The van der Waals surface area contributed by atoms with E-state index in [-0.39, 0.29) is 12.7 Å². The molecule has 0 aliphatic carbocycles. The molecule has 0 spiro atoms. The monoisotopic (exact) mass is 260 g/mol. The standard InChI is InChI=1S/C12H10S.C3H6O2/c1-3-7-11(8-4-1)13-12-9-5-2-6-10-12;4-1-3-2-5-3/h1-10H;3-4H,1-2H2. The summed E-state index contributed by atoms with van der Waals surface area (Å²) >= 11 is 1.79. The second kappa shape index (κ2) is 7.21. The van der Waals surface area contributed by atoms with E-state index in [1.54, 1.807) is 11.8 Å². The molecule has 0 bridgehead atoms. The van der Waals surface area contributed by atoms with Crippen molar-refractivity contribution in [2.24, 2.45) is 0 Å². The number of aliphatic hydroxyl groups is 1. The normalized spacial score (nSPS) is 16.6. The quantitative estimate of drug-likeness (QED) is 0.860. The number of aliphatic hydroxyl groups excluding tert-OH is 1. The minimum atomic E-state index is 0.190. The van der Waals surface area contributed by atoms with Gasteiger partial charge in [0.15, 0.2) is 0 Å². The highest BCUT2D eigenvalue weighted by atomic mass is 32.2. The maximum Gasteiger partial charge on any atom is 0.104 e. The minimum absolute atomic E-state index is 0.190. The minimum Gasteiger partial charge on any atom is -0.394 e. The number of benzene rings is 2. The molecule has 1 aliphatic rings. The molecule has 2 aromatic rings. The molecule has 1 atom stereocenters. The zero-order valence-electron chi connectivity index (χ0n) is 10.0. The summed E-state index contributed by atoms with van der Waals surface area (Å²) < 4.78 is 4.61. The summed E-state index contributed by atoms with van der Waals surface area (Å²) in [6.07, 6.45) is 0.190. The van der Waals surface area contributed by atoms with Crippen molar-refractivity contribution in [1.29, 1.82) is 0 Å². The van der Waals surface area contributed by atoms with E-state index in [1.165, 1.54) is 9.79 Å². The van der Waals surface area contributed by atoms with Crippen LogP contribution >= 0.6 is 11.8 Å². The van der Waals surface area contributed by atoms with E-state index in [2.05, 4.69) is 53.3 Å². The fourth-order valence-corrected chi connectivity index (χ4v) is 2.15. The lowest BCUT2D eigenvalue weighted by molar-refractivity contribution is 0.244. The Bertz CT molecular complexity index is 403. The zero-order chi connectivity index (χ0) is 12.6. The Morgan fingerprint density at radius 3 is 1.67 bits per heavy atom. The predicted molar refractivity (Wildman–Crippen MR) is 73.8 cm³/mol. The van der Waals surface area contributed by atoms with Crippen molar-refractivity contribution in [3.05, 3.63) is 60.7 Å². The topological polar surface area (TPSA) is 32.8 Å². The van der Waals surface area contributed by atoms with E-state index in [1.807, 2.05) is 12.1 Å². The molecule has 0 aromatic heterocycles. The molecule has 1 saturated heterocycles. The Kier molecular flexibility index (Phi) is 5.27. The van der Waals surface area contributed by atoms with Crippen molar-refractivity contribution in [2.45, 2.75) is 15.9 Å². The van der Waals surface area contributed by atoms with Crippen LogP contribution in [0.1, 0.15) is 0 Å². The van der Waals surface area contributed by atoms with Gasteiger partial charge in [-0.1, -0.05) is 48.2 Å². The third kappa shape index (κ3) is 4.92. The van der Waals surface area contributed by atoms with Gasteiger partial charge in [0.05, 0.1) is 13.2 Å². The first-order chi connectivity index (χ1) is 8.88. The first kappa shape index (κ1) is 13.1. The van der Waals surface area contributed by atoms with Crippen molar-refractivity contribution >= 4 is 11.8 Å². The fraction of sp³-hybridized carbons (Fsp3) is 0.200. The smallest absolute Gasteiger partial charge is 0.104 e. The summed E-state index contributed by atoms with van der Waals surface area (Å²) in [5.41, 5.74) is 0. The van der Waals surface area contributed by atoms with Crippen LogP contribution in [0.25, 0.3) is 0 Å². The van der Waals surface area contributed by atoms with E-state index in [0.29, 0.717) is 0 Å². The molecule has 18 heavy (non-hydrogen) atoms. The van der Waals surface area contributed by atoms with Crippen LogP contribution in [0.4, 0.5) is 0 Å². The van der Waals surface area contributed by atoms with Crippen LogP contribution in [-0.4, -0.2) is 24.4 Å². The molecule has 3 rings (SSSR count). The van der Waals surface area contributed by atoms with Gasteiger partial charge < -0.3 is 9.84 Å². The van der Waals surface area contributed by atoms with Gasteiger partial charge in [0, 0.05) is 9.79 Å². The van der Waals surface area contributed by atoms with Crippen molar-refractivity contribution < 1.29 is 9.84 Å². The van der Waals surface area contributed by atoms with Crippen LogP contribution in [0.2, 0.25) is 0 Å². The maximum absolute atomic E-state index is 8.08. The molecule has 1 unspecified atom stereocenters. The van der Waals surface area contributed by atoms with E-state index in [0.717, 1.165) is 6.61 Å². The highest BCUT2D eigenvalue weighted by Gasteiger charge is 2.19. The number of hydrogen-bond donors (Lipinski definition) is 1. The van der Waals surface area contributed by atoms with Gasteiger partial charge >= 0.3 is 0 Å². The second-order valence-corrected chi connectivity index (χ2v) is 5.01. The van der Waals surface area contributed by atoms with E-state index in [4.69, 9.17) is 5.11 Å². The fourth-order valence-electron chi connectivity index (χ4n) is 1.29. The number of rotatable bonds is 3. The highest BCUT2D eigenvalue weighted by Crippen LogP contribution is 2.26.